The SMILES string of the molecule is O=C(O)Cc1ccc2nc(CN3CCC(Oc4cccc(COc5ccc(Cl)cc5F)n4)CC3)n(C[C@@H]3CCO3)c2n1. The molecule has 5 heterocycles. The fourth-order valence-electron chi connectivity index (χ4n) is 5.19. The van der Waals surface area contributed by atoms with E-state index < -0.39 is 11.8 Å². The number of hydrogen-bond donors (Lipinski definition) is 1. The van der Waals surface area contributed by atoms with E-state index in [2.05, 4.69) is 19.4 Å². The van der Waals surface area contributed by atoms with E-state index in [1.54, 1.807) is 12.1 Å². The van der Waals surface area contributed by atoms with Crippen molar-refractivity contribution in [2.75, 3.05) is 19.7 Å². The van der Waals surface area contributed by atoms with Gasteiger partial charge in [0, 0.05) is 30.8 Å². The Hall–Kier alpha value is -3.80. The van der Waals surface area contributed by atoms with Crippen molar-refractivity contribution in [2.45, 2.75) is 57.6 Å². The number of carbonyl (C=O) groups is 1. The Balaban J connectivity index is 1.06. The van der Waals surface area contributed by atoms with Crippen LogP contribution in [0.5, 0.6) is 11.6 Å². The summed E-state index contributed by atoms with van der Waals surface area (Å²) in [5.74, 6) is 0.0880. The van der Waals surface area contributed by atoms with Crippen LogP contribution < -0.4 is 9.47 Å². The molecule has 0 aliphatic carbocycles. The highest BCUT2D eigenvalue weighted by Gasteiger charge is 2.26. The number of imidazole rings is 1. The Morgan fingerprint density at radius 1 is 1.07 bits per heavy atom. The molecule has 0 amide bonds. The van der Waals surface area contributed by atoms with Crippen molar-refractivity contribution in [1.82, 2.24) is 24.4 Å². The molecule has 220 valence electrons. The van der Waals surface area contributed by atoms with Crippen molar-refractivity contribution >= 4 is 28.7 Å². The highest BCUT2D eigenvalue weighted by Crippen LogP contribution is 2.25. The van der Waals surface area contributed by atoms with E-state index in [-0.39, 0.29) is 31.0 Å². The average molecular weight is 596 g/mol. The molecule has 1 N–H and O–H groups in total. The number of nitrogens with zero attached hydrogens (tertiary/aromatic N) is 5. The van der Waals surface area contributed by atoms with Gasteiger partial charge >= 0.3 is 5.97 Å². The van der Waals surface area contributed by atoms with E-state index in [1.807, 2.05) is 24.3 Å². The minimum Gasteiger partial charge on any atom is -0.484 e. The van der Waals surface area contributed by atoms with Crippen molar-refractivity contribution in [3.05, 3.63) is 76.6 Å². The average Bonchev–Trinajstić information content (AvgIpc) is 3.27. The van der Waals surface area contributed by atoms with Crippen molar-refractivity contribution in [2.24, 2.45) is 0 Å². The second kappa shape index (κ2) is 12.6. The first-order valence-electron chi connectivity index (χ1n) is 14.0. The summed E-state index contributed by atoms with van der Waals surface area (Å²) in [4.78, 5) is 27.6. The van der Waals surface area contributed by atoms with Gasteiger partial charge in [-0.3, -0.25) is 9.69 Å². The van der Waals surface area contributed by atoms with Crippen LogP contribution in [0.25, 0.3) is 11.2 Å². The molecule has 0 bridgehead atoms. The number of ether oxygens (including phenoxy) is 3. The quantitative estimate of drug-likeness (QED) is 0.265. The van der Waals surface area contributed by atoms with Crippen LogP contribution in [-0.2, 0) is 35.6 Å². The first-order valence-corrected chi connectivity index (χ1v) is 14.4. The molecule has 1 atom stereocenters. The van der Waals surface area contributed by atoms with E-state index in [4.69, 9.17) is 30.8 Å². The summed E-state index contributed by atoms with van der Waals surface area (Å²) in [5.41, 5.74) is 2.60. The van der Waals surface area contributed by atoms with E-state index in [0.717, 1.165) is 50.3 Å². The Bertz CT molecular complexity index is 1570. The van der Waals surface area contributed by atoms with Gasteiger partial charge in [-0.2, -0.15) is 0 Å². The molecule has 2 aliphatic rings. The van der Waals surface area contributed by atoms with Gasteiger partial charge in [0.2, 0.25) is 5.88 Å². The highest BCUT2D eigenvalue weighted by molar-refractivity contribution is 6.30. The third-order valence-electron chi connectivity index (χ3n) is 7.48. The topological polar surface area (TPSA) is 112 Å². The lowest BCUT2D eigenvalue weighted by Crippen LogP contribution is -2.39. The first-order chi connectivity index (χ1) is 20.4. The first kappa shape index (κ1) is 28.3. The van der Waals surface area contributed by atoms with Crippen LogP contribution in [-0.4, -0.2) is 67.4 Å². The molecule has 0 radical (unpaired) electrons. The molecular weight excluding hydrogens is 565 g/mol. The summed E-state index contributed by atoms with van der Waals surface area (Å²) < 4.78 is 33.6. The molecule has 2 aliphatic heterocycles. The van der Waals surface area contributed by atoms with E-state index >= 15 is 0 Å². The second-order valence-electron chi connectivity index (χ2n) is 10.6. The summed E-state index contributed by atoms with van der Waals surface area (Å²) in [5, 5.41) is 9.52. The van der Waals surface area contributed by atoms with Crippen LogP contribution in [0.3, 0.4) is 0 Å². The third-order valence-corrected chi connectivity index (χ3v) is 7.71. The fourth-order valence-corrected chi connectivity index (χ4v) is 5.35. The third kappa shape index (κ3) is 6.80. The monoisotopic (exact) mass is 595 g/mol. The van der Waals surface area contributed by atoms with Crippen LogP contribution in [0.1, 0.15) is 36.5 Å². The van der Waals surface area contributed by atoms with Crippen LogP contribution in [0, 0.1) is 5.82 Å². The largest absolute Gasteiger partial charge is 0.484 e. The number of pyridine rings is 2. The van der Waals surface area contributed by atoms with E-state index in [1.165, 1.54) is 12.1 Å². The van der Waals surface area contributed by atoms with Crippen molar-refractivity contribution in [1.29, 1.82) is 0 Å². The van der Waals surface area contributed by atoms with Crippen molar-refractivity contribution in [3.8, 4) is 11.6 Å². The van der Waals surface area contributed by atoms with Gasteiger partial charge < -0.3 is 23.9 Å². The summed E-state index contributed by atoms with van der Waals surface area (Å²) >= 11 is 5.81. The fraction of sp³-hybridized carbons (Fsp3) is 0.400. The molecule has 2 saturated heterocycles. The maximum absolute atomic E-state index is 14.0. The molecule has 4 aromatic rings. The number of benzene rings is 1. The van der Waals surface area contributed by atoms with Crippen LogP contribution in [0.4, 0.5) is 4.39 Å². The molecule has 42 heavy (non-hydrogen) atoms. The summed E-state index contributed by atoms with van der Waals surface area (Å²) in [6.07, 6.45) is 2.63. The minimum absolute atomic E-state index is 0.0149. The number of rotatable bonds is 11. The summed E-state index contributed by atoms with van der Waals surface area (Å²) in [6, 6.07) is 13.3. The van der Waals surface area contributed by atoms with Gasteiger partial charge in [0.25, 0.3) is 0 Å². The lowest BCUT2D eigenvalue weighted by Gasteiger charge is -2.32. The number of likely N-dealkylation sites (tertiary alicyclic amines) is 1. The summed E-state index contributed by atoms with van der Waals surface area (Å²) in [6.45, 7) is 3.80. The molecular formula is C30H31ClFN5O5. The van der Waals surface area contributed by atoms with Gasteiger partial charge in [0.05, 0.1) is 37.0 Å². The maximum atomic E-state index is 14.0. The van der Waals surface area contributed by atoms with Gasteiger partial charge in [0.1, 0.15) is 24.1 Å². The van der Waals surface area contributed by atoms with Gasteiger partial charge in [-0.05, 0) is 55.7 Å². The molecule has 0 unspecified atom stereocenters. The number of halogens is 2. The predicted molar refractivity (Wildman–Crippen MR) is 152 cm³/mol. The Kier molecular flexibility index (Phi) is 8.50. The number of carboxylic acid groups (broad SMARTS) is 1. The van der Waals surface area contributed by atoms with E-state index in [9.17, 15) is 14.3 Å². The molecule has 6 rings (SSSR count). The Labute approximate surface area is 247 Å². The van der Waals surface area contributed by atoms with Gasteiger partial charge in [-0.1, -0.05) is 17.7 Å². The molecule has 12 heteroatoms. The van der Waals surface area contributed by atoms with Crippen LogP contribution in [0.2, 0.25) is 5.02 Å². The molecule has 0 saturated carbocycles. The molecule has 0 spiro atoms. The molecule has 3 aromatic heterocycles. The zero-order valence-electron chi connectivity index (χ0n) is 22.9. The van der Waals surface area contributed by atoms with Gasteiger partial charge in [-0.25, -0.2) is 19.3 Å². The Morgan fingerprint density at radius 2 is 1.90 bits per heavy atom. The normalized spacial score (nSPS) is 17.7. The highest BCUT2D eigenvalue weighted by atomic mass is 35.5. The van der Waals surface area contributed by atoms with Crippen LogP contribution in [0.15, 0.2) is 48.5 Å². The Morgan fingerprint density at radius 3 is 2.64 bits per heavy atom. The number of carboxylic acids is 1. The number of hydrogen-bond acceptors (Lipinski definition) is 8. The molecule has 10 nitrogen and oxygen atoms in total. The maximum Gasteiger partial charge on any atom is 0.309 e. The van der Waals surface area contributed by atoms with Gasteiger partial charge in [0.15, 0.2) is 17.2 Å². The van der Waals surface area contributed by atoms with Gasteiger partial charge in [-0.15, -0.1) is 0 Å². The second-order valence-corrected chi connectivity index (χ2v) is 11.0. The van der Waals surface area contributed by atoms with Crippen LogP contribution >= 0.6 is 11.6 Å². The standard InChI is InChI=1S/C30H31ClFN5O5/c31-19-4-7-26(24(32)14-19)41-18-21-2-1-3-28(33-21)42-22-8-11-36(12-9-22)17-27-35-25-6-5-20(15-29(38)39)34-30(25)37(27)16-23-10-13-40-23/h1-7,14,22-23H,8-13,15-18H2,(H,38,39)/t23-/m0/s1. The molecule has 2 fully saturated rings. The minimum atomic E-state index is -0.913. The zero-order valence-corrected chi connectivity index (χ0v) is 23.7. The number of aliphatic carboxylic acids is 1. The predicted octanol–water partition coefficient (Wildman–Crippen LogP) is 4.66. The lowest BCUT2D eigenvalue weighted by atomic mass is 10.1. The zero-order chi connectivity index (χ0) is 29.1. The smallest absolute Gasteiger partial charge is 0.309 e. The number of piperidine rings is 1. The summed E-state index contributed by atoms with van der Waals surface area (Å²) in [7, 11) is 0. The van der Waals surface area contributed by atoms with Crippen molar-refractivity contribution in [3.63, 3.8) is 0 Å². The van der Waals surface area contributed by atoms with Crippen molar-refractivity contribution < 1.29 is 28.5 Å². The lowest BCUT2D eigenvalue weighted by molar-refractivity contribution is -0.136. The number of aromatic nitrogens is 4. The molecule has 1 aromatic carbocycles. The number of fused-ring (bicyclic) bond motifs is 1. The van der Waals surface area contributed by atoms with E-state index in [0.29, 0.717) is 41.0 Å².